The standard InChI is InChI=1S/C15H21Cl2N3O/c1-9(2)13-8-14(20-19-13)15(21)18-4-3-10-5-11(16)7-12(17)6-10/h5-7,9,13-14,19-20H,3-4,8H2,1-2H3,(H,18,21). The van der Waals surface area contributed by atoms with E-state index in [0.717, 1.165) is 12.0 Å². The van der Waals surface area contributed by atoms with Crippen LogP contribution in [0.5, 0.6) is 0 Å². The van der Waals surface area contributed by atoms with Gasteiger partial charge in [0.1, 0.15) is 6.04 Å². The van der Waals surface area contributed by atoms with Gasteiger partial charge in [0, 0.05) is 22.6 Å². The lowest BCUT2D eigenvalue weighted by molar-refractivity contribution is -0.122. The molecule has 2 atom stereocenters. The third kappa shape index (κ3) is 4.85. The Labute approximate surface area is 135 Å². The highest BCUT2D eigenvalue weighted by atomic mass is 35.5. The van der Waals surface area contributed by atoms with Crippen LogP contribution >= 0.6 is 23.2 Å². The molecular weight excluding hydrogens is 309 g/mol. The number of hydrogen-bond acceptors (Lipinski definition) is 3. The number of carbonyl (C=O) groups excluding carboxylic acids is 1. The van der Waals surface area contributed by atoms with Crippen molar-refractivity contribution in [3.63, 3.8) is 0 Å². The van der Waals surface area contributed by atoms with Gasteiger partial charge in [0.2, 0.25) is 5.91 Å². The molecule has 0 spiro atoms. The van der Waals surface area contributed by atoms with Crippen molar-refractivity contribution in [1.29, 1.82) is 0 Å². The second-order valence-electron chi connectivity index (χ2n) is 5.75. The van der Waals surface area contributed by atoms with E-state index in [1.165, 1.54) is 0 Å². The molecule has 21 heavy (non-hydrogen) atoms. The van der Waals surface area contributed by atoms with Gasteiger partial charge in [-0.15, -0.1) is 0 Å². The van der Waals surface area contributed by atoms with E-state index >= 15 is 0 Å². The predicted molar refractivity (Wildman–Crippen MR) is 86.5 cm³/mol. The van der Waals surface area contributed by atoms with E-state index in [1.807, 2.05) is 12.1 Å². The average molecular weight is 330 g/mol. The van der Waals surface area contributed by atoms with Gasteiger partial charge in [0.05, 0.1) is 0 Å². The lowest BCUT2D eigenvalue weighted by Gasteiger charge is -2.13. The maximum absolute atomic E-state index is 12.1. The first-order valence-electron chi connectivity index (χ1n) is 7.19. The molecule has 0 bridgehead atoms. The van der Waals surface area contributed by atoms with Crippen LogP contribution in [0.3, 0.4) is 0 Å². The Bertz CT molecular complexity index is 487. The Morgan fingerprint density at radius 1 is 1.29 bits per heavy atom. The zero-order valence-corrected chi connectivity index (χ0v) is 13.8. The summed E-state index contributed by atoms with van der Waals surface area (Å²) < 4.78 is 0. The van der Waals surface area contributed by atoms with Crippen molar-refractivity contribution in [1.82, 2.24) is 16.2 Å². The number of amides is 1. The van der Waals surface area contributed by atoms with Crippen LogP contribution in [-0.2, 0) is 11.2 Å². The quantitative estimate of drug-likeness (QED) is 0.778. The van der Waals surface area contributed by atoms with Gasteiger partial charge >= 0.3 is 0 Å². The molecule has 6 heteroatoms. The van der Waals surface area contributed by atoms with Crippen LogP contribution in [0, 0.1) is 5.92 Å². The van der Waals surface area contributed by atoms with Crippen LogP contribution in [-0.4, -0.2) is 24.5 Å². The van der Waals surface area contributed by atoms with Crippen LogP contribution in [0.2, 0.25) is 10.0 Å². The van der Waals surface area contributed by atoms with E-state index in [-0.39, 0.29) is 11.9 Å². The van der Waals surface area contributed by atoms with Gasteiger partial charge in [-0.2, -0.15) is 0 Å². The fourth-order valence-corrected chi connectivity index (χ4v) is 2.97. The van der Waals surface area contributed by atoms with E-state index in [1.54, 1.807) is 6.07 Å². The fourth-order valence-electron chi connectivity index (χ4n) is 2.40. The first-order chi connectivity index (χ1) is 9.95. The summed E-state index contributed by atoms with van der Waals surface area (Å²) in [5.41, 5.74) is 7.23. The van der Waals surface area contributed by atoms with E-state index in [2.05, 4.69) is 30.0 Å². The fraction of sp³-hybridized carbons (Fsp3) is 0.533. The summed E-state index contributed by atoms with van der Waals surface area (Å²) in [6, 6.07) is 5.60. The second-order valence-corrected chi connectivity index (χ2v) is 6.62. The molecule has 0 saturated carbocycles. The largest absolute Gasteiger partial charge is 0.354 e. The number of hydrogen-bond donors (Lipinski definition) is 3. The summed E-state index contributed by atoms with van der Waals surface area (Å²) >= 11 is 11.9. The molecular formula is C15H21Cl2N3O. The number of hydrazine groups is 1. The van der Waals surface area contributed by atoms with Crippen molar-refractivity contribution in [2.75, 3.05) is 6.54 Å². The molecule has 1 aliphatic heterocycles. The highest BCUT2D eigenvalue weighted by molar-refractivity contribution is 6.34. The van der Waals surface area contributed by atoms with Gasteiger partial charge in [-0.25, -0.2) is 5.43 Å². The van der Waals surface area contributed by atoms with Crippen LogP contribution in [0.25, 0.3) is 0 Å². The topological polar surface area (TPSA) is 53.2 Å². The van der Waals surface area contributed by atoms with Crippen molar-refractivity contribution in [2.45, 2.75) is 38.8 Å². The highest BCUT2D eigenvalue weighted by Crippen LogP contribution is 2.19. The third-order valence-electron chi connectivity index (χ3n) is 3.69. The Hall–Kier alpha value is -0.810. The SMILES string of the molecule is CC(C)C1CC(C(=O)NCCc2cc(Cl)cc(Cl)c2)NN1. The minimum atomic E-state index is -0.166. The van der Waals surface area contributed by atoms with E-state index in [4.69, 9.17) is 23.2 Å². The minimum absolute atomic E-state index is 0.0266. The van der Waals surface area contributed by atoms with Crippen molar-refractivity contribution < 1.29 is 4.79 Å². The molecule has 2 unspecified atom stereocenters. The summed E-state index contributed by atoms with van der Waals surface area (Å²) in [5.74, 6) is 0.530. The lowest BCUT2D eigenvalue weighted by Crippen LogP contribution is -2.44. The third-order valence-corrected chi connectivity index (χ3v) is 4.13. The number of rotatable bonds is 5. The van der Waals surface area contributed by atoms with Crippen LogP contribution in [0.4, 0.5) is 0 Å². The molecule has 0 radical (unpaired) electrons. The smallest absolute Gasteiger partial charge is 0.238 e. The Morgan fingerprint density at radius 2 is 1.95 bits per heavy atom. The molecule has 1 aliphatic rings. The molecule has 1 heterocycles. The van der Waals surface area contributed by atoms with Crippen LogP contribution in [0.1, 0.15) is 25.8 Å². The van der Waals surface area contributed by atoms with Crippen molar-refractivity contribution >= 4 is 29.1 Å². The summed E-state index contributed by atoms with van der Waals surface area (Å²) in [7, 11) is 0. The molecule has 1 aromatic rings. The Balaban J connectivity index is 1.77. The zero-order chi connectivity index (χ0) is 15.4. The Morgan fingerprint density at radius 3 is 2.52 bits per heavy atom. The number of benzene rings is 1. The van der Waals surface area contributed by atoms with Gasteiger partial charge in [-0.1, -0.05) is 37.0 Å². The summed E-state index contributed by atoms with van der Waals surface area (Å²) in [5, 5.41) is 4.18. The zero-order valence-electron chi connectivity index (χ0n) is 12.2. The molecule has 1 saturated heterocycles. The van der Waals surface area contributed by atoms with Gasteiger partial charge in [0.15, 0.2) is 0 Å². The molecule has 4 nitrogen and oxygen atoms in total. The predicted octanol–water partition coefficient (Wildman–Crippen LogP) is 2.54. The van der Waals surface area contributed by atoms with Gasteiger partial charge in [0.25, 0.3) is 0 Å². The second kappa shape index (κ2) is 7.45. The van der Waals surface area contributed by atoms with Crippen molar-refractivity contribution in [3.8, 4) is 0 Å². The van der Waals surface area contributed by atoms with Crippen molar-refractivity contribution in [2.24, 2.45) is 5.92 Å². The van der Waals surface area contributed by atoms with Gasteiger partial charge < -0.3 is 5.32 Å². The molecule has 1 fully saturated rings. The van der Waals surface area contributed by atoms with Crippen LogP contribution < -0.4 is 16.2 Å². The molecule has 116 valence electrons. The molecule has 2 rings (SSSR count). The molecule has 1 amide bonds. The van der Waals surface area contributed by atoms with E-state index in [0.29, 0.717) is 35.0 Å². The van der Waals surface area contributed by atoms with Crippen LogP contribution in [0.15, 0.2) is 18.2 Å². The normalized spacial score (nSPS) is 21.8. The van der Waals surface area contributed by atoms with E-state index < -0.39 is 0 Å². The lowest BCUT2D eigenvalue weighted by atomic mass is 9.99. The molecule has 0 aromatic heterocycles. The average Bonchev–Trinajstić information content (AvgIpc) is 2.87. The minimum Gasteiger partial charge on any atom is -0.354 e. The maximum Gasteiger partial charge on any atom is 0.238 e. The molecule has 3 N–H and O–H groups in total. The van der Waals surface area contributed by atoms with E-state index in [9.17, 15) is 4.79 Å². The summed E-state index contributed by atoms with van der Waals surface area (Å²) in [4.78, 5) is 12.1. The summed E-state index contributed by atoms with van der Waals surface area (Å²) in [6.07, 6.45) is 1.52. The summed E-state index contributed by atoms with van der Waals surface area (Å²) in [6.45, 7) is 4.85. The number of nitrogens with one attached hydrogen (secondary N) is 3. The molecule has 0 aliphatic carbocycles. The number of carbonyl (C=O) groups is 1. The monoisotopic (exact) mass is 329 g/mol. The maximum atomic E-state index is 12.1. The van der Waals surface area contributed by atoms with Gasteiger partial charge in [-0.05, 0) is 42.5 Å². The first-order valence-corrected chi connectivity index (χ1v) is 7.95. The molecule has 1 aromatic carbocycles. The highest BCUT2D eigenvalue weighted by Gasteiger charge is 2.30. The van der Waals surface area contributed by atoms with Crippen molar-refractivity contribution in [3.05, 3.63) is 33.8 Å². The van der Waals surface area contributed by atoms with Gasteiger partial charge in [-0.3, -0.25) is 10.2 Å². The first kappa shape index (κ1) is 16.6. The number of halogens is 2. The Kier molecular flexibility index (Phi) is 5.88.